The molecule has 0 amide bonds. The number of nitrogens with one attached hydrogen (secondary N) is 1. The first-order valence-corrected chi connectivity index (χ1v) is 7.11. The molecule has 0 aromatic heterocycles. The third-order valence-electron chi connectivity index (χ3n) is 3.45. The van der Waals surface area contributed by atoms with Crippen molar-refractivity contribution >= 4 is 5.97 Å². The highest BCUT2D eigenvalue weighted by Crippen LogP contribution is 2.21. The number of esters is 1. The lowest BCUT2D eigenvalue weighted by Crippen LogP contribution is -2.51. The predicted octanol–water partition coefficient (Wildman–Crippen LogP) is 2.83. The number of carbonyl (C=O) groups is 1. The quantitative estimate of drug-likeness (QED) is 0.786. The molecule has 0 heterocycles. The molecule has 118 valence electrons. The monoisotopic (exact) mass is 297 g/mol. The van der Waals surface area contributed by atoms with E-state index in [1.807, 2.05) is 6.92 Å². The van der Waals surface area contributed by atoms with Gasteiger partial charge in [0.25, 0.3) is 0 Å². The van der Waals surface area contributed by atoms with Crippen molar-refractivity contribution in [2.45, 2.75) is 45.8 Å². The second-order valence-corrected chi connectivity index (χ2v) is 5.35. The summed E-state index contributed by atoms with van der Waals surface area (Å²) in [5, 5.41) is 2.97. The average molecular weight is 297 g/mol. The smallest absolute Gasteiger partial charge is 0.326 e. The molecule has 21 heavy (non-hydrogen) atoms. The van der Waals surface area contributed by atoms with Crippen LogP contribution >= 0.6 is 0 Å². The second-order valence-electron chi connectivity index (χ2n) is 5.35. The Kier molecular flexibility index (Phi) is 6.15. The second kappa shape index (κ2) is 7.41. The number of benzene rings is 1. The van der Waals surface area contributed by atoms with Gasteiger partial charge in [0, 0.05) is 12.5 Å². The lowest BCUT2D eigenvalue weighted by molar-refractivity contribution is -0.151. The molecule has 5 heteroatoms. The molecule has 2 atom stereocenters. The number of carbonyl (C=O) groups excluding carboxylic acids is 1. The molecule has 0 radical (unpaired) electrons. The van der Waals surface area contributed by atoms with E-state index in [-0.39, 0.29) is 17.9 Å². The first-order chi connectivity index (χ1) is 9.82. The molecule has 0 fully saturated rings. The molecule has 0 spiro atoms. The van der Waals surface area contributed by atoms with Crippen molar-refractivity contribution in [1.82, 2.24) is 5.32 Å². The minimum absolute atomic E-state index is 0.269. The van der Waals surface area contributed by atoms with Gasteiger partial charge in [0.1, 0.15) is 17.1 Å². The summed E-state index contributed by atoms with van der Waals surface area (Å²) in [6, 6.07) is 4.74. The highest BCUT2D eigenvalue weighted by Gasteiger charge is 2.35. The average Bonchev–Trinajstić information content (AvgIpc) is 2.43. The van der Waals surface area contributed by atoms with Crippen LogP contribution in [-0.4, -0.2) is 31.3 Å². The summed E-state index contributed by atoms with van der Waals surface area (Å²) in [5.74, 6) is -0.174. The van der Waals surface area contributed by atoms with Crippen molar-refractivity contribution in [3.8, 4) is 5.75 Å². The predicted molar refractivity (Wildman–Crippen MR) is 79.9 cm³/mol. The fourth-order valence-corrected chi connectivity index (χ4v) is 2.07. The molecule has 1 N–H and O–H groups in total. The normalized spacial score (nSPS) is 15.1. The van der Waals surface area contributed by atoms with E-state index in [0.717, 1.165) is 0 Å². The SMILES string of the molecule is CCOC(=O)C(C)(CC(C)Oc1ccc(C)c(F)c1)NC. The van der Waals surface area contributed by atoms with Crippen LogP contribution < -0.4 is 10.1 Å². The summed E-state index contributed by atoms with van der Waals surface area (Å²) in [6.07, 6.45) is 0.145. The Morgan fingerprint density at radius 3 is 2.67 bits per heavy atom. The van der Waals surface area contributed by atoms with Gasteiger partial charge in [-0.15, -0.1) is 0 Å². The van der Waals surface area contributed by atoms with Gasteiger partial charge in [-0.25, -0.2) is 4.39 Å². The number of aryl methyl sites for hydroxylation is 1. The Morgan fingerprint density at radius 2 is 2.14 bits per heavy atom. The zero-order chi connectivity index (χ0) is 16.0. The highest BCUT2D eigenvalue weighted by molar-refractivity contribution is 5.80. The number of hydrogen-bond acceptors (Lipinski definition) is 4. The lowest BCUT2D eigenvalue weighted by Gasteiger charge is -2.29. The van der Waals surface area contributed by atoms with E-state index in [1.165, 1.54) is 6.07 Å². The van der Waals surface area contributed by atoms with Crippen LogP contribution in [0.5, 0.6) is 5.75 Å². The van der Waals surface area contributed by atoms with Crippen molar-refractivity contribution in [3.63, 3.8) is 0 Å². The largest absolute Gasteiger partial charge is 0.491 e. The van der Waals surface area contributed by atoms with Gasteiger partial charge in [-0.05, 0) is 46.4 Å². The third kappa shape index (κ3) is 4.70. The maximum Gasteiger partial charge on any atom is 0.326 e. The minimum atomic E-state index is -0.835. The Morgan fingerprint density at radius 1 is 1.48 bits per heavy atom. The highest BCUT2D eigenvalue weighted by atomic mass is 19.1. The van der Waals surface area contributed by atoms with Crippen molar-refractivity contribution in [2.75, 3.05) is 13.7 Å². The number of ether oxygens (including phenoxy) is 2. The lowest BCUT2D eigenvalue weighted by atomic mass is 9.95. The molecule has 2 unspecified atom stereocenters. The molecule has 1 rings (SSSR count). The maximum absolute atomic E-state index is 13.5. The van der Waals surface area contributed by atoms with Gasteiger partial charge in [-0.3, -0.25) is 4.79 Å². The summed E-state index contributed by atoms with van der Waals surface area (Å²) >= 11 is 0. The molecule has 0 aliphatic carbocycles. The van der Waals surface area contributed by atoms with Crippen molar-refractivity contribution in [2.24, 2.45) is 0 Å². The number of rotatable bonds is 7. The fraction of sp³-hybridized carbons (Fsp3) is 0.562. The van der Waals surface area contributed by atoms with Gasteiger partial charge in [-0.1, -0.05) is 6.07 Å². The number of halogens is 1. The van der Waals surface area contributed by atoms with Gasteiger partial charge < -0.3 is 14.8 Å². The van der Waals surface area contributed by atoms with Gasteiger partial charge in [0.05, 0.1) is 12.7 Å². The molecule has 1 aromatic carbocycles. The zero-order valence-corrected chi connectivity index (χ0v) is 13.3. The van der Waals surface area contributed by atoms with Crippen LogP contribution in [0, 0.1) is 12.7 Å². The van der Waals surface area contributed by atoms with Gasteiger partial charge in [0.15, 0.2) is 0 Å². The fourth-order valence-electron chi connectivity index (χ4n) is 2.07. The molecule has 4 nitrogen and oxygen atoms in total. The van der Waals surface area contributed by atoms with E-state index >= 15 is 0 Å². The number of hydrogen-bond donors (Lipinski definition) is 1. The maximum atomic E-state index is 13.5. The molecule has 0 saturated carbocycles. The van der Waals surface area contributed by atoms with E-state index in [9.17, 15) is 9.18 Å². The van der Waals surface area contributed by atoms with Crippen LogP contribution in [0.15, 0.2) is 18.2 Å². The summed E-state index contributed by atoms with van der Waals surface area (Å²) < 4.78 is 24.3. The van der Waals surface area contributed by atoms with Crippen LogP contribution in [0.25, 0.3) is 0 Å². The van der Waals surface area contributed by atoms with Crippen LogP contribution in [-0.2, 0) is 9.53 Å². The number of likely N-dealkylation sites (N-methyl/N-ethyl adjacent to an activating group) is 1. The summed E-state index contributed by atoms with van der Waals surface area (Å²) in [6.45, 7) is 7.39. The van der Waals surface area contributed by atoms with Crippen molar-refractivity contribution in [1.29, 1.82) is 0 Å². The zero-order valence-electron chi connectivity index (χ0n) is 13.3. The molecular formula is C16H24FNO3. The molecule has 0 bridgehead atoms. The van der Waals surface area contributed by atoms with Crippen molar-refractivity contribution < 1.29 is 18.7 Å². The van der Waals surface area contributed by atoms with Crippen LogP contribution in [0.1, 0.15) is 32.8 Å². The van der Waals surface area contributed by atoms with E-state index in [1.54, 1.807) is 40.0 Å². The standard InChI is InChI=1S/C16H24FNO3/c1-6-20-15(19)16(4,18-5)10-12(3)21-13-8-7-11(2)14(17)9-13/h7-9,12,18H,6,10H2,1-5H3. The first-order valence-electron chi connectivity index (χ1n) is 7.11. The molecule has 1 aromatic rings. The van der Waals surface area contributed by atoms with Crippen LogP contribution in [0.2, 0.25) is 0 Å². The Balaban J connectivity index is 2.72. The van der Waals surface area contributed by atoms with Gasteiger partial charge in [0.2, 0.25) is 0 Å². The first kappa shape index (κ1) is 17.4. The van der Waals surface area contributed by atoms with Gasteiger partial charge in [-0.2, -0.15) is 0 Å². The van der Waals surface area contributed by atoms with Crippen molar-refractivity contribution in [3.05, 3.63) is 29.6 Å². The summed E-state index contributed by atoms with van der Waals surface area (Å²) in [5.41, 5.74) is -0.264. The Bertz CT molecular complexity index is 492. The van der Waals surface area contributed by atoms with E-state index < -0.39 is 5.54 Å². The Hall–Kier alpha value is -1.62. The molecule has 0 saturated heterocycles. The Labute approximate surface area is 125 Å². The minimum Gasteiger partial charge on any atom is -0.491 e. The van der Waals surface area contributed by atoms with Gasteiger partial charge >= 0.3 is 5.97 Å². The molecule has 0 aliphatic rings. The third-order valence-corrected chi connectivity index (χ3v) is 3.45. The topological polar surface area (TPSA) is 47.6 Å². The van der Waals surface area contributed by atoms with E-state index in [0.29, 0.717) is 24.3 Å². The summed E-state index contributed by atoms with van der Waals surface area (Å²) in [7, 11) is 1.70. The van der Waals surface area contributed by atoms with Crippen LogP contribution in [0.4, 0.5) is 4.39 Å². The summed E-state index contributed by atoms with van der Waals surface area (Å²) in [4.78, 5) is 12.0. The molecule has 0 aliphatic heterocycles. The van der Waals surface area contributed by atoms with E-state index in [4.69, 9.17) is 9.47 Å². The van der Waals surface area contributed by atoms with Crippen LogP contribution in [0.3, 0.4) is 0 Å². The molecular weight excluding hydrogens is 273 g/mol. The van der Waals surface area contributed by atoms with E-state index in [2.05, 4.69) is 5.32 Å².